The monoisotopic (exact) mass is 225 g/mol. The minimum atomic E-state index is -1.17. The SMILES string of the molecule is O=C(O)c1cc2c(cc1O)NC=CC2Cl. The van der Waals surface area contributed by atoms with E-state index in [2.05, 4.69) is 5.32 Å². The molecule has 1 aromatic rings. The number of fused-ring (bicyclic) bond motifs is 1. The predicted molar refractivity (Wildman–Crippen MR) is 56.4 cm³/mol. The second kappa shape index (κ2) is 3.47. The summed E-state index contributed by atoms with van der Waals surface area (Å²) in [5.41, 5.74) is 1.13. The van der Waals surface area contributed by atoms with E-state index in [0.717, 1.165) is 0 Å². The summed E-state index contributed by atoms with van der Waals surface area (Å²) >= 11 is 5.97. The van der Waals surface area contributed by atoms with Crippen LogP contribution >= 0.6 is 11.6 Å². The van der Waals surface area contributed by atoms with E-state index in [0.29, 0.717) is 11.3 Å². The minimum absolute atomic E-state index is 0.142. The molecule has 0 saturated carbocycles. The summed E-state index contributed by atoms with van der Waals surface area (Å²) in [5, 5.41) is 20.8. The Kier molecular flexibility index (Phi) is 2.28. The lowest BCUT2D eigenvalue weighted by atomic mass is 10.0. The molecule has 1 aliphatic rings. The summed E-state index contributed by atoms with van der Waals surface area (Å²) in [5.74, 6) is -1.44. The fourth-order valence-corrected chi connectivity index (χ4v) is 1.71. The molecular weight excluding hydrogens is 218 g/mol. The van der Waals surface area contributed by atoms with Gasteiger partial charge in [0, 0.05) is 11.8 Å². The van der Waals surface area contributed by atoms with Crippen molar-refractivity contribution in [1.29, 1.82) is 0 Å². The van der Waals surface area contributed by atoms with Gasteiger partial charge in [0.1, 0.15) is 11.3 Å². The van der Waals surface area contributed by atoms with Crippen LogP contribution in [-0.2, 0) is 0 Å². The zero-order valence-corrected chi connectivity index (χ0v) is 8.32. The molecule has 0 bridgehead atoms. The summed E-state index contributed by atoms with van der Waals surface area (Å²) in [6.45, 7) is 0. The third-order valence-corrected chi connectivity index (χ3v) is 2.58. The number of benzene rings is 1. The van der Waals surface area contributed by atoms with Gasteiger partial charge in [-0.1, -0.05) is 0 Å². The standard InChI is InChI=1S/C10H8ClNO3/c11-7-1-2-12-8-4-9(13)6(10(14)15)3-5(7)8/h1-4,7,12-13H,(H,14,15). The molecule has 0 radical (unpaired) electrons. The van der Waals surface area contributed by atoms with Crippen LogP contribution in [0, 0.1) is 0 Å². The zero-order chi connectivity index (χ0) is 11.0. The number of hydrogen-bond acceptors (Lipinski definition) is 3. The third-order valence-electron chi connectivity index (χ3n) is 2.20. The number of hydrogen-bond donors (Lipinski definition) is 3. The zero-order valence-electron chi connectivity index (χ0n) is 7.57. The van der Waals surface area contributed by atoms with E-state index in [1.807, 2.05) is 0 Å². The number of aromatic carboxylic acids is 1. The van der Waals surface area contributed by atoms with Crippen molar-refractivity contribution in [3.63, 3.8) is 0 Å². The number of allylic oxidation sites excluding steroid dienone is 1. The van der Waals surface area contributed by atoms with Crippen LogP contribution in [0.5, 0.6) is 5.75 Å². The maximum Gasteiger partial charge on any atom is 0.339 e. The molecule has 1 unspecified atom stereocenters. The normalized spacial score (nSPS) is 18.1. The van der Waals surface area contributed by atoms with Gasteiger partial charge in [0.15, 0.2) is 0 Å². The number of carboxylic acids is 1. The first-order chi connectivity index (χ1) is 7.09. The number of alkyl halides is 1. The number of halogens is 1. The molecule has 5 heteroatoms. The van der Waals surface area contributed by atoms with Gasteiger partial charge in [0.05, 0.1) is 5.38 Å². The van der Waals surface area contributed by atoms with E-state index in [-0.39, 0.29) is 16.7 Å². The van der Waals surface area contributed by atoms with Crippen LogP contribution < -0.4 is 5.32 Å². The summed E-state index contributed by atoms with van der Waals surface area (Å²) in [6, 6.07) is 2.73. The van der Waals surface area contributed by atoms with Crippen molar-refractivity contribution in [1.82, 2.24) is 0 Å². The Morgan fingerprint density at radius 2 is 2.20 bits per heavy atom. The van der Waals surface area contributed by atoms with Crippen LogP contribution in [0.3, 0.4) is 0 Å². The molecule has 2 rings (SSSR count). The third kappa shape index (κ3) is 1.64. The minimum Gasteiger partial charge on any atom is -0.507 e. The largest absolute Gasteiger partial charge is 0.507 e. The molecule has 0 spiro atoms. The number of carboxylic acid groups (broad SMARTS) is 1. The van der Waals surface area contributed by atoms with Crippen LogP contribution in [0.15, 0.2) is 24.4 Å². The second-order valence-electron chi connectivity index (χ2n) is 3.17. The van der Waals surface area contributed by atoms with Crippen molar-refractivity contribution >= 4 is 23.3 Å². The number of phenols is 1. The number of carbonyl (C=O) groups is 1. The average Bonchev–Trinajstić information content (AvgIpc) is 2.16. The Morgan fingerprint density at radius 1 is 1.47 bits per heavy atom. The Hall–Kier alpha value is -1.68. The quantitative estimate of drug-likeness (QED) is 0.642. The number of rotatable bonds is 1. The lowest BCUT2D eigenvalue weighted by Crippen LogP contribution is -2.05. The van der Waals surface area contributed by atoms with Crippen LogP contribution in [0.2, 0.25) is 0 Å². The Morgan fingerprint density at radius 3 is 2.87 bits per heavy atom. The molecule has 4 nitrogen and oxygen atoms in total. The highest BCUT2D eigenvalue weighted by Gasteiger charge is 2.19. The van der Waals surface area contributed by atoms with Gasteiger partial charge >= 0.3 is 5.97 Å². The van der Waals surface area contributed by atoms with E-state index in [9.17, 15) is 9.90 Å². The number of anilines is 1. The molecule has 0 aromatic heterocycles. The Labute approximate surface area is 90.8 Å². The van der Waals surface area contributed by atoms with Crippen molar-refractivity contribution in [2.24, 2.45) is 0 Å². The van der Waals surface area contributed by atoms with Gasteiger partial charge in [-0.15, -0.1) is 11.6 Å². The van der Waals surface area contributed by atoms with Crippen molar-refractivity contribution in [3.05, 3.63) is 35.5 Å². The van der Waals surface area contributed by atoms with Gasteiger partial charge in [-0.25, -0.2) is 4.79 Å². The lowest BCUT2D eigenvalue weighted by Gasteiger charge is -2.18. The molecule has 1 atom stereocenters. The molecule has 1 heterocycles. The fraction of sp³-hybridized carbons (Fsp3) is 0.100. The van der Waals surface area contributed by atoms with Crippen molar-refractivity contribution < 1.29 is 15.0 Å². The van der Waals surface area contributed by atoms with Gasteiger partial charge in [-0.3, -0.25) is 0 Å². The number of nitrogens with one attached hydrogen (secondary N) is 1. The fourth-order valence-electron chi connectivity index (χ4n) is 1.46. The molecule has 1 aliphatic heterocycles. The highest BCUT2D eigenvalue weighted by molar-refractivity contribution is 6.22. The van der Waals surface area contributed by atoms with Crippen molar-refractivity contribution in [3.8, 4) is 5.75 Å². The molecule has 3 N–H and O–H groups in total. The van der Waals surface area contributed by atoms with Gasteiger partial charge in [-0.05, 0) is 23.9 Å². The summed E-state index contributed by atoms with van der Waals surface area (Å²) in [4.78, 5) is 10.8. The van der Waals surface area contributed by atoms with Crippen molar-refractivity contribution in [2.45, 2.75) is 5.38 Å². The van der Waals surface area contributed by atoms with Crippen LogP contribution in [0.4, 0.5) is 5.69 Å². The van der Waals surface area contributed by atoms with Crippen molar-refractivity contribution in [2.75, 3.05) is 5.32 Å². The highest BCUT2D eigenvalue weighted by Crippen LogP contribution is 2.36. The smallest absolute Gasteiger partial charge is 0.339 e. The molecule has 0 aliphatic carbocycles. The second-order valence-corrected chi connectivity index (χ2v) is 3.64. The predicted octanol–water partition coefficient (Wildman–Crippen LogP) is 2.31. The van der Waals surface area contributed by atoms with Gasteiger partial charge in [-0.2, -0.15) is 0 Å². The van der Waals surface area contributed by atoms with Crippen LogP contribution in [0.1, 0.15) is 21.3 Å². The molecular formula is C10H8ClNO3. The number of aromatic hydroxyl groups is 1. The molecule has 0 amide bonds. The average molecular weight is 226 g/mol. The molecule has 1 aromatic carbocycles. The van der Waals surface area contributed by atoms with E-state index in [1.165, 1.54) is 12.1 Å². The maximum atomic E-state index is 10.8. The summed E-state index contributed by atoms with van der Waals surface area (Å²) in [7, 11) is 0. The van der Waals surface area contributed by atoms with Gasteiger partial charge in [0.2, 0.25) is 0 Å². The maximum absolute atomic E-state index is 10.8. The molecule has 0 fully saturated rings. The van der Waals surface area contributed by atoms with Crippen LogP contribution in [0.25, 0.3) is 0 Å². The van der Waals surface area contributed by atoms with Gasteiger partial charge in [0.25, 0.3) is 0 Å². The highest BCUT2D eigenvalue weighted by atomic mass is 35.5. The first kappa shape index (κ1) is 9.86. The Balaban J connectivity index is 2.58. The summed E-state index contributed by atoms with van der Waals surface area (Å²) in [6.07, 6.45) is 3.35. The van der Waals surface area contributed by atoms with E-state index in [1.54, 1.807) is 12.3 Å². The topological polar surface area (TPSA) is 69.6 Å². The molecule has 78 valence electrons. The Bertz CT molecular complexity index is 456. The summed E-state index contributed by atoms with van der Waals surface area (Å²) < 4.78 is 0. The first-order valence-electron chi connectivity index (χ1n) is 4.27. The van der Waals surface area contributed by atoms with E-state index < -0.39 is 5.97 Å². The molecule has 15 heavy (non-hydrogen) atoms. The first-order valence-corrected chi connectivity index (χ1v) is 4.70. The van der Waals surface area contributed by atoms with E-state index in [4.69, 9.17) is 16.7 Å². The molecule has 0 saturated heterocycles. The van der Waals surface area contributed by atoms with Crippen LogP contribution in [-0.4, -0.2) is 16.2 Å². The van der Waals surface area contributed by atoms with Gasteiger partial charge < -0.3 is 15.5 Å². The van der Waals surface area contributed by atoms with E-state index >= 15 is 0 Å². The lowest BCUT2D eigenvalue weighted by molar-refractivity contribution is 0.0693.